The molecular weight excluding hydrogens is 373 g/mol. The zero-order valence-corrected chi connectivity index (χ0v) is 15.6. The van der Waals surface area contributed by atoms with Crippen molar-refractivity contribution in [3.63, 3.8) is 0 Å². The summed E-state index contributed by atoms with van der Waals surface area (Å²) in [5.74, 6) is -0.317. The van der Waals surface area contributed by atoms with E-state index in [9.17, 15) is 4.39 Å². The summed E-state index contributed by atoms with van der Waals surface area (Å²) in [6.07, 6.45) is 2.91. The van der Waals surface area contributed by atoms with Gasteiger partial charge in [-0.25, -0.2) is 4.39 Å². The van der Waals surface area contributed by atoms with Crippen molar-refractivity contribution in [2.24, 2.45) is 5.73 Å². The number of anilines is 1. The van der Waals surface area contributed by atoms with E-state index < -0.39 is 0 Å². The number of nitrogens with one attached hydrogen (secondary N) is 4. The van der Waals surface area contributed by atoms with E-state index in [4.69, 9.17) is 11.1 Å². The van der Waals surface area contributed by atoms with Gasteiger partial charge in [0.15, 0.2) is 0 Å². The second-order valence-corrected chi connectivity index (χ2v) is 6.10. The molecular formula is C17H25BrFN5. The molecule has 2 atom stereocenters. The molecule has 132 valence electrons. The van der Waals surface area contributed by atoms with Crippen LogP contribution in [0.3, 0.4) is 0 Å². The van der Waals surface area contributed by atoms with Gasteiger partial charge in [-0.1, -0.05) is 12.7 Å². The molecule has 0 saturated heterocycles. The minimum absolute atomic E-state index is 0.239. The van der Waals surface area contributed by atoms with Crippen molar-refractivity contribution in [1.82, 2.24) is 10.6 Å². The average molecular weight is 398 g/mol. The summed E-state index contributed by atoms with van der Waals surface area (Å²) in [5, 5.41) is 17.3. The van der Waals surface area contributed by atoms with Crippen LogP contribution in [0.1, 0.15) is 25.8 Å². The Hall–Kier alpha value is -1.70. The van der Waals surface area contributed by atoms with Gasteiger partial charge in [0.05, 0.1) is 16.9 Å². The van der Waals surface area contributed by atoms with Gasteiger partial charge in [0, 0.05) is 30.4 Å². The van der Waals surface area contributed by atoms with E-state index in [-0.39, 0.29) is 18.1 Å². The fraction of sp³-hybridized carbons (Fsp3) is 0.353. The molecule has 0 amide bonds. The highest BCUT2D eigenvalue weighted by molar-refractivity contribution is 9.11. The molecule has 0 bridgehead atoms. The molecule has 0 fully saturated rings. The zero-order valence-electron chi connectivity index (χ0n) is 14.0. The van der Waals surface area contributed by atoms with Crippen molar-refractivity contribution in [2.75, 3.05) is 11.9 Å². The number of hydrogen-bond acceptors (Lipinski definition) is 5. The van der Waals surface area contributed by atoms with Gasteiger partial charge in [0.25, 0.3) is 0 Å². The van der Waals surface area contributed by atoms with Gasteiger partial charge in [0.2, 0.25) is 0 Å². The van der Waals surface area contributed by atoms with E-state index in [1.165, 1.54) is 18.3 Å². The summed E-state index contributed by atoms with van der Waals surface area (Å²) in [7, 11) is 0. The summed E-state index contributed by atoms with van der Waals surface area (Å²) in [6, 6.07) is 4.47. The van der Waals surface area contributed by atoms with Gasteiger partial charge < -0.3 is 21.8 Å². The molecule has 0 radical (unpaired) electrons. The lowest BCUT2D eigenvalue weighted by atomic mass is 10.1. The Balaban J connectivity index is 3.03. The van der Waals surface area contributed by atoms with Crippen molar-refractivity contribution in [3.8, 4) is 0 Å². The summed E-state index contributed by atoms with van der Waals surface area (Å²) in [5.41, 5.74) is 8.05. The van der Waals surface area contributed by atoms with Gasteiger partial charge in [-0.3, -0.25) is 5.32 Å². The zero-order chi connectivity index (χ0) is 18.1. The van der Waals surface area contributed by atoms with E-state index >= 15 is 0 Å². The van der Waals surface area contributed by atoms with Crippen LogP contribution in [0.2, 0.25) is 0 Å². The number of halogens is 2. The molecule has 0 heterocycles. The fourth-order valence-corrected chi connectivity index (χ4v) is 2.75. The van der Waals surface area contributed by atoms with Crippen LogP contribution in [-0.4, -0.2) is 25.1 Å². The van der Waals surface area contributed by atoms with Crippen molar-refractivity contribution in [2.45, 2.75) is 32.6 Å². The van der Waals surface area contributed by atoms with Crippen LogP contribution in [-0.2, 0) is 0 Å². The minimum Gasteiger partial charge on any atom is -0.379 e. The molecule has 6 N–H and O–H groups in total. The first kappa shape index (κ1) is 20.3. The largest absolute Gasteiger partial charge is 0.379 e. The van der Waals surface area contributed by atoms with Gasteiger partial charge in [-0.2, -0.15) is 0 Å². The molecule has 5 nitrogen and oxygen atoms in total. The van der Waals surface area contributed by atoms with E-state index in [0.29, 0.717) is 12.0 Å². The average Bonchev–Trinajstić information content (AvgIpc) is 2.53. The molecule has 2 unspecified atom stereocenters. The standard InChI is InChI=1S/C17H25BrFN5/c1-4-12-8-14(19)6-7-15(12)24-16(23-11(3)21)9-13(10-20)17(18)22-5-2/h4,6-8,10-11,16,20,22-24H,1,5,9,21H2,2-3H3/b17-13-,20-10?. The maximum Gasteiger partial charge on any atom is 0.123 e. The Bertz CT molecular complexity index is 601. The van der Waals surface area contributed by atoms with Crippen LogP contribution in [0.15, 0.2) is 35.0 Å². The van der Waals surface area contributed by atoms with E-state index in [1.807, 2.05) is 13.8 Å². The molecule has 1 aromatic rings. The quantitative estimate of drug-likeness (QED) is 0.238. The van der Waals surface area contributed by atoms with Gasteiger partial charge in [-0.15, -0.1) is 0 Å². The molecule has 1 rings (SSSR count). The van der Waals surface area contributed by atoms with Crippen molar-refractivity contribution in [3.05, 3.63) is 46.3 Å². The SMILES string of the molecule is C=Cc1cc(F)ccc1NC(C/C(C=N)=C(\Br)NCC)NC(C)N. The highest BCUT2D eigenvalue weighted by atomic mass is 79.9. The van der Waals surface area contributed by atoms with Gasteiger partial charge in [0.1, 0.15) is 5.82 Å². The topological polar surface area (TPSA) is 86.0 Å². The molecule has 0 aromatic heterocycles. The Kier molecular flexibility index (Phi) is 8.67. The molecule has 0 aliphatic rings. The summed E-state index contributed by atoms with van der Waals surface area (Å²) >= 11 is 3.45. The second-order valence-electron chi connectivity index (χ2n) is 5.31. The molecule has 0 saturated carbocycles. The first-order valence-electron chi connectivity index (χ1n) is 7.74. The predicted molar refractivity (Wildman–Crippen MR) is 104 cm³/mol. The van der Waals surface area contributed by atoms with Crippen LogP contribution in [0.5, 0.6) is 0 Å². The molecule has 0 spiro atoms. The van der Waals surface area contributed by atoms with Crippen LogP contribution < -0.4 is 21.7 Å². The summed E-state index contributed by atoms with van der Waals surface area (Å²) in [4.78, 5) is 0. The molecule has 24 heavy (non-hydrogen) atoms. The maximum atomic E-state index is 13.4. The van der Waals surface area contributed by atoms with Crippen molar-refractivity contribution >= 4 is 33.9 Å². The lowest BCUT2D eigenvalue weighted by Gasteiger charge is -2.25. The van der Waals surface area contributed by atoms with E-state index in [0.717, 1.165) is 22.4 Å². The fourth-order valence-electron chi connectivity index (χ4n) is 2.19. The predicted octanol–water partition coefficient (Wildman–Crippen LogP) is 3.36. The second kappa shape index (κ2) is 10.2. The molecule has 1 aromatic carbocycles. The molecule has 7 heteroatoms. The van der Waals surface area contributed by atoms with Crippen LogP contribution in [0.4, 0.5) is 10.1 Å². The van der Waals surface area contributed by atoms with Gasteiger partial charge >= 0.3 is 0 Å². The summed E-state index contributed by atoms with van der Waals surface area (Å²) < 4.78 is 14.1. The first-order valence-corrected chi connectivity index (χ1v) is 8.53. The van der Waals surface area contributed by atoms with E-state index in [2.05, 4.69) is 38.5 Å². The van der Waals surface area contributed by atoms with Crippen molar-refractivity contribution < 1.29 is 4.39 Å². The Morgan fingerprint density at radius 2 is 2.21 bits per heavy atom. The number of benzene rings is 1. The minimum atomic E-state index is -0.317. The highest BCUT2D eigenvalue weighted by Gasteiger charge is 2.15. The van der Waals surface area contributed by atoms with E-state index in [1.54, 1.807) is 12.1 Å². The van der Waals surface area contributed by atoms with Crippen LogP contribution >= 0.6 is 15.9 Å². The monoisotopic (exact) mass is 397 g/mol. The third-order valence-electron chi connectivity index (χ3n) is 3.24. The number of nitrogens with two attached hydrogens (primary N) is 1. The van der Waals surface area contributed by atoms with Crippen LogP contribution in [0, 0.1) is 11.2 Å². The van der Waals surface area contributed by atoms with Gasteiger partial charge in [-0.05, 0) is 53.5 Å². The number of hydrogen-bond donors (Lipinski definition) is 5. The van der Waals surface area contributed by atoms with Crippen LogP contribution in [0.25, 0.3) is 6.08 Å². The maximum absolute atomic E-state index is 13.4. The molecule has 0 aliphatic carbocycles. The highest BCUT2D eigenvalue weighted by Crippen LogP contribution is 2.21. The van der Waals surface area contributed by atoms with Crippen molar-refractivity contribution in [1.29, 1.82) is 5.41 Å². The lowest BCUT2D eigenvalue weighted by molar-refractivity contribution is 0.484. The number of rotatable bonds is 10. The third-order valence-corrected chi connectivity index (χ3v) is 4.03. The Morgan fingerprint density at radius 3 is 2.75 bits per heavy atom. The third kappa shape index (κ3) is 6.43. The summed E-state index contributed by atoms with van der Waals surface area (Å²) in [6.45, 7) is 8.28. The Morgan fingerprint density at radius 1 is 1.50 bits per heavy atom. The normalized spacial score (nSPS) is 14.4. The smallest absolute Gasteiger partial charge is 0.123 e. The first-order chi connectivity index (χ1) is 11.4. The lowest BCUT2D eigenvalue weighted by Crippen LogP contribution is -2.46. The Labute approximate surface area is 151 Å². The molecule has 0 aliphatic heterocycles.